The number of furan rings is 1. The van der Waals surface area contributed by atoms with Gasteiger partial charge in [0, 0.05) is 25.1 Å². The molecule has 0 radical (unpaired) electrons. The Morgan fingerprint density at radius 1 is 1.33 bits per heavy atom. The lowest BCUT2D eigenvalue weighted by atomic mass is 9.78. The fourth-order valence-corrected chi connectivity index (χ4v) is 3.94. The largest absolute Gasteiger partial charge is 0.478 e. The van der Waals surface area contributed by atoms with Gasteiger partial charge in [-0.05, 0) is 25.7 Å². The second-order valence-electron chi connectivity index (χ2n) is 6.86. The Morgan fingerprint density at radius 3 is 2.71 bits per heavy atom. The molecule has 0 aromatic carbocycles. The summed E-state index contributed by atoms with van der Waals surface area (Å²) in [5.74, 6) is -0.992. The SMILES string of the molecule is CCc1oc(C(=O)NC2CCOC3(CCCCC3)C2)cc1C(=O)O. The molecule has 1 unspecified atom stereocenters. The highest BCUT2D eigenvalue weighted by molar-refractivity contribution is 5.96. The fraction of sp³-hybridized carbons (Fsp3) is 0.667. The monoisotopic (exact) mass is 335 g/mol. The van der Waals surface area contributed by atoms with Crippen molar-refractivity contribution in [3.63, 3.8) is 0 Å². The van der Waals surface area contributed by atoms with Crippen LogP contribution in [0.3, 0.4) is 0 Å². The number of carbonyl (C=O) groups is 2. The van der Waals surface area contributed by atoms with E-state index in [1.807, 2.05) is 0 Å². The summed E-state index contributed by atoms with van der Waals surface area (Å²) in [6.07, 6.45) is 7.78. The highest BCUT2D eigenvalue weighted by Gasteiger charge is 2.39. The van der Waals surface area contributed by atoms with E-state index in [2.05, 4.69) is 5.32 Å². The molecule has 6 heteroatoms. The number of hydrogen-bond donors (Lipinski definition) is 2. The number of nitrogens with one attached hydrogen (secondary N) is 1. The Bertz CT molecular complexity index is 609. The van der Waals surface area contributed by atoms with Crippen molar-refractivity contribution < 1.29 is 23.8 Å². The third kappa shape index (κ3) is 3.48. The third-order valence-corrected chi connectivity index (χ3v) is 5.18. The Hall–Kier alpha value is -1.82. The van der Waals surface area contributed by atoms with Gasteiger partial charge in [0.15, 0.2) is 5.76 Å². The second kappa shape index (κ2) is 6.97. The van der Waals surface area contributed by atoms with Crippen LogP contribution in [0.25, 0.3) is 0 Å². The van der Waals surface area contributed by atoms with E-state index in [9.17, 15) is 14.7 Å². The van der Waals surface area contributed by atoms with Gasteiger partial charge in [0.05, 0.1) is 5.60 Å². The summed E-state index contributed by atoms with van der Waals surface area (Å²) in [5, 5.41) is 12.2. The highest BCUT2D eigenvalue weighted by atomic mass is 16.5. The normalized spacial score (nSPS) is 23.1. The zero-order valence-electron chi connectivity index (χ0n) is 14.1. The van der Waals surface area contributed by atoms with E-state index in [1.165, 1.54) is 25.3 Å². The lowest BCUT2D eigenvalue weighted by Crippen LogP contribution is -2.49. The summed E-state index contributed by atoms with van der Waals surface area (Å²) in [7, 11) is 0. The molecule has 2 N–H and O–H groups in total. The minimum Gasteiger partial charge on any atom is -0.478 e. The summed E-state index contributed by atoms with van der Waals surface area (Å²) in [6.45, 7) is 2.46. The minimum atomic E-state index is -1.07. The maximum atomic E-state index is 12.4. The van der Waals surface area contributed by atoms with E-state index < -0.39 is 5.97 Å². The zero-order valence-corrected chi connectivity index (χ0v) is 14.1. The van der Waals surface area contributed by atoms with Crippen LogP contribution in [0.4, 0.5) is 0 Å². The number of carboxylic acid groups (broad SMARTS) is 1. The molecule has 1 aromatic rings. The van der Waals surface area contributed by atoms with Gasteiger partial charge in [-0.15, -0.1) is 0 Å². The molecule has 3 rings (SSSR count). The molecular formula is C18H25NO5. The van der Waals surface area contributed by atoms with Crippen LogP contribution in [0.15, 0.2) is 10.5 Å². The number of rotatable bonds is 4. The zero-order chi connectivity index (χ0) is 17.2. The first-order valence-corrected chi connectivity index (χ1v) is 8.84. The molecule has 1 aliphatic carbocycles. The van der Waals surface area contributed by atoms with Crippen LogP contribution in [0.1, 0.15) is 78.5 Å². The topological polar surface area (TPSA) is 88.8 Å². The van der Waals surface area contributed by atoms with E-state index in [0.29, 0.717) is 18.8 Å². The number of carbonyl (C=O) groups excluding carboxylic acids is 1. The summed E-state index contributed by atoms with van der Waals surface area (Å²) < 4.78 is 11.5. The van der Waals surface area contributed by atoms with Crippen molar-refractivity contribution in [2.24, 2.45) is 0 Å². The molecule has 2 fully saturated rings. The Balaban J connectivity index is 1.67. The smallest absolute Gasteiger partial charge is 0.339 e. The lowest BCUT2D eigenvalue weighted by molar-refractivity contribution is -0.108. The van der Waals surface area contributed by atoms with Crippen LogP contribution in [0.5, 0.6) is 0 Å². The first kappa shape index (κ1) is 17.0. The average molecular weight is 335 g/mol. The van der Waals surface area contributed by atoms with Gasteiger partial charge < -0.3 is 19.6 Å². The average Bonchev–Trinajstić information content (AvgIpc) is 3.00. The standard InChI is InChI=1S/C18H25NO5/c1-2-14-13(17(21)22)10-15(24-14)16(20)19-12-6-9-23-18(11-12)7-4-3-5-8-18/h10,12H,2-9,11H2,1H3,(H,19,20)(H,21,22). The van der Waals surface area contributed by atoms with Crippen molar-refractivity contribution in [1.82, 2.24) is 5.32 Å². The molecule has 2 heterocycles. The maximum Gasteiger partial charge on any atom is 0.339 e. The molecule has 1 saturated carbocycles. The number of hydrogen-bond acceptors (Lipinski definition) is 4. The molecule has 1 aromatic heterocycles. The molecule has 132 valence electrons. The van der Waals surface area contributed by atoms with Gasteiger partial charge in [-0.1, -0.05) is 26.2 Å². The van der Waals surface area contributed by atoms with Crippen molar-refractivity contribution in [1.29, 1.82) is 0 Å². The van der Waals surface area contributed by atoms with Crippen LogP contribution >= 0.6 is 0 Å². The summed E-state index contributed by atoms with van der Waals surface area (Å²) in [4.78, 5) is 23.7. The van der Waals surface area contributed by atoms with Gasteiger partial charge in [-0.2, -0.15) is 0 Å². The van der Waals surface area contributed by atoms with E-state index in [0.717, 1.165) is 25.7 Å². The van der Waals surface area contributed by atoms with E-state index in [1.54, 1.807) is 6.92 Å². The molecule has 1 amide bonds. The lowest BCUT2D eigenvalue weighted by Gasteiger charge is -2.43. The number of carboxylic acids is 1. The fourth-order valence-electron chi connectivity index (χ4n) is 3.94. The molecule has 0 bridgehead atoms. The summed E-state index contributed by atoms with van der Waals surface area (Å²) in [5.41, 5.74) is -0.0170. The maximum absolute atomic E-state index is 12.4. The molecule has 2 aliphatic rings. The van der Waals surface area contributed by atoms with Gasteiger partial charge >= 0.3 is 5.97 Å². The van der Waals surface area contributed by atoms with Gasteiger partial charge in [0.25, 0.3) is 5.91 Å². The van der Waals surface area contributed by atoms with E-state index >= 15 is 0 Å². The van der Waals surface area contributed by atoms with Crippen LogP contribution in [0, 0.1) is 0 Å². The quantitative estimate of drug-likeness (QED) is 0.882. The molecule has 1 atom stereocenters. The molecule has 1 aliphatic heterocycles. The van der Waals surface area contributed by atoms with Crippen LogP contribution in [-0.2, 0) is 11.2 Å². The van der Waals surface area contributed by atoms with Crippen molar-refractivity contribution in [2.75, 3.05) is 6.61 Å². The third-order valence-electron chi connectivity index (χ3n) is 5.18. The minimum absolute atomic E-state index is 0.0489. The van der Waals surface area contributed by atoms with Gasteiger partial charge in [-0.25, -0.2) is 4.79 Å². The summed E-state index contributed by atoms with van der Waals surface area (Å²) in [6, 6.07) is 1.37. The molecule has 1 spiro atoms. The van der Waals surface area contributed by atoms with Crippen molar-refractivity contribution in [2.45, 2.75) is 69.9 Å². The van der Waals surface area contributed by atoms with E-state index in [-0.39, 0.29) is 28.9 Å². The molecule has 6 nitrogen and oxygen atoms in total. The Kier molecular flexibility index (Phi) is 4.94. The Morgan fingerprint density at radius 2 is 2.08 bits per heavy atom. The first-order chi connectivity index (χ1) is 11.5. The van der Waals surface area contributed by atoms with Crippen LogP contribution in [-0.4, -0.2) is 35.2 Å². The Labute approximate surface area is 141 Å². The van der Waals surface area contributed by atoms with Crippen molar-refractivity contribution in [3.8, 4) is 0 Å². The number of amides is 1. The highest BCUT2D eigenvalue weighted by Crippen LogP contribution is 2.38. The second-order valence-corrected chi connectivity index (χ2v) is 6.86. The van der Waals surface area contributed by atoms with Crippen LogP contribution < -0.4 is 5.32 Å². The van der Waals surface area contributed by atoms with Gasteiger partial charge in [0.1, 0.15) is 11.3 Å². The first-order valence-electron chi connectivity index (χ1n) is 8.84. The predicted molar refractivity (Wildman–Crippen MR) is 87.3 cm³/mol. The molecular weight excluding hydrogens is 310 g/mol. The number of ether oxygens (including phenoxy) is 1. The van der Waals surface area contributed by atoms with Crippen molar-refractivity contribution in [3.05, 3.63) is 23.2 Å². The van der Waals surface area contributed by atoms with Crippen LogP contribution in [0.2, 0.25) is 0 Å². The molecule has 24 heavy (non-hydrogen) atoms. The van der Waals surface area contributed by atoms with Gasteiger partial charge in [0.2, 0.25) is 0 Å². The number of aromatic carboxylic acids is 1. The summed E-state index contributed by atoms with van der Waals surface area (Å²) >= 11 is 0. The van der Waals surface area contributed by atoms with E-state index in [4.69, 9.17) is 9.15 Å². The van der Waals surface area contributed by atoms with Gasteiger partial charge in [-0.3, -0.25) is 4.79 Å². The predicted octanol–water partition coefficient (Wildman–Crippen LogP) is 3.15. The number of aryl methyl sites for hydroxylation is 1. The van der Waals surface area contributed by atoms with Crippen molar-refractivity contribution >= 4 is 11.9 Å². The molecule has 1 saturated heterocycles.